The maximum absolute atomic E-state index is 6.30. The number of nitrogens with zero attached hydrogens (tertiary/aromatic N) is 2. The van der Waals surface area contributed by atoms with Gasteiger partial charge >= 0.3 is 0 Å². The van der Waals surface area contributed by atoms with E-state index < -0.39 is 0 Å². The summed E-state index contributed by atoms with van der Waals surface area (Å²) in [7, 11) is 0. The highest BCUT2D eigenvalue weighted by atomic mass is 32.1. The second-order valence-corrected chi connectivity index (χ2v) is 6.79. The number of thiophene rings is 1. The first kappa shape index (κ1) is 13.8. The molecule has 0 bridgehead atoms. The van der Waals surface area contributed by atoms with Gasteiger partial charge < -0.3 is 10.2 Å². The average molecular weight is 333 g/mol. The highest BCUT2D eigenvalue weighted by molar-refractivity contribution is 7.10. The summed E-state index contributed by atoms with van der Waals surface area (Å²) in [6.07, 6.45) is 5.78. The van der Waals surface area contributed by atoms with Crippen LogP contribution in [0.25, 0.3) is 5.70 Å². The number of hydrazine groups is 1. The molecule has 0 saturated heterocycles. The van der Waals surface area contributed by atoms with Crippen molar-refractivity contribution in [3.8, 4) is 5.75 Å². The molecule has 2 atom stereocenters. The van der Waals surface area contributed by atoms with E-state index in [0.717, 1.165) is 17.0 Å². The third-order valence-corrected chi connectivity index (χ3v) is 5.26. The van der Waals surface area contributed by atoms with Crippen LogP contribution in [0.1, 0.15) is 28.3 Å². The molecule has 1 N–H and O–H groups in total. The van der Waals surface area contributed by atoms with E-state index in [0.29, 0.717) is 0 Å². The predicted octanol–water partition coefficient (Wildman–Crippen LogP) is 4.14. The van der Waals surface area contributed by atoms with Crippen LogP contribution in [0.4, 0.5) is 0 Å². The molecule has 5 heteroatoms. The fourth-order valence-corrected chi connectivity index (χ4v) is 4.00. The Kier molecular flexibility index (Phi) is 3.14. The van der Waals surface area contributed by atoms with Crippen molar-refractivity contribution in [3.05, 3.63) is 88.4 Å². The monoisotopic (exact) mass is 333 g/mol. The number of ether oxygens (including phenoxy) is 1. The lowest BCUT2D eigenvalue weighted by molar-refractivity contribution is -0.0302. The largest absolute Gasteiger partial charge is 0.468 e. The molecule has 1 aromatic carbocycles. The van der Waals surface area contributed by atoms with Gasteiger partial charge in [0.1, 0.15) is 5.75 Å². The number of aromatic nitrogens is 1. The molecule has 3 aromatic rings. The van der Waals surface area contributed by atoms with Crippen molar-refractivity contribution in [2.75, 3.05) is 0 Å². The Morgan fingerprint density at radius 2 is 2.04 bits per heavy atom. The number of fused-ring (bicyclic) bond motifs is 3. The number of rotatable bonds is 2. The zero-order valence-electron chi connectivity index (χ0n) is 12.8. The summed E-state index contributed by atoms with van der Waals surface area (Å²) >= 11 is 1.71. The highest BCUT2D eigenvalue weighted by Crippen LogP contribution is 2.46. The first-order chi connectivity index (χ1) is 11.9. The Bertz CT molecular complexity index is 892. The van der Waals surface area contributed by atoms with E-state index in [1.807, 2.05) is 24.4 Å². The average Bonchev–Trinajstić information content (AvgIpc) is 3.32. The second kappa shape index (κ2) is 5.47. The molecule has 0 amide bonds. The Labute approximate surface area is 144 Å². The third-order valence-electron chi connectivity index (χ3n) is 4.36. The van der Waals surface area contributed by atoms with Crippen LogP contribution in [-0.4, -0.2) is 9.99 Å². The lowest BCUT2D eigenvalue weighted by Gasteiger charge is -2.38. The number of nitrogens with one attached hydrogen (secondary N) is 1. The molecule has 0 fully saturated rings. The summed E-state index contributed by atoms with van der Waals surface area (Å²) < 4.78 is 6.30. The van der Waals surface area contributed by atoms with Gasteiger partial charge in [0.2, 0.25) is 6.23 Å². The lowest BCUT2D eigenvalue weighted by Crippen LogP contribution is -2.42. The molecule has 24 heavy (non-hydrogen) atoms. The molecular weight excluding hydrogens is 318 g/mol. The molecule has 0 radical (unpaired) electrons. The van der Waals surface area contributed by atoms with Crippen LogP contribution in [0.15, 0.2) is 72.4 Å². The summed E-state index contributed by atoms with van der Waals surface area (Å²) in [6.45, 7) is 0. The van der Waals surface area contributed by atoms with Crippen molar-refractivity contribution >= 4 is 17.0 Å². The van der Waals surface area contributed by atoms with E-state index in [4.69, 9.17) is 4.74 Å². The van der Waals surface area contributed by atoms with E-state index in [1.165, 1.54) is 10.4 Å². The Morgan fingerprint density at radius 1 is 1.08 bits per heavy atom. The second-order valence-electron chi connectivity index (χ2n) is 5.81. The normalized spacial score (nSPS) is 22.1. The molecule has 0 aliphatic carbocycles. The molecule has 118 valence electrons. The van der Waals surface area contributed by atoms with Crippen molar-refractivity contribution in [3.63, 3.8) is 0 Å². The lowest BCUT2D eigenvalue weighted by atomic mass is 10.0. The maximum Gasteiger partial charge on any atom is 0.205 e. The molecule has 0 unspecified atom stereocenters. The Morgan fingerprint density at radius 3 is 2.88 bits per heavy atom. The summed E-state index contributed by atoms with van der Waals surface area (Å²) in [4.78, 5) is 5.41. The van der Waals surface area contributed by atoms with Gasteiger partial charge in [-0.05, 0) is 35.7 Å². The van der Waals surface area contributed by atoms with Gasteiger partial charge in [0.05, 0.1) is 16.6 Å². The number of hydrogen-bond acceptors (Lipinski definition) is 5. The standard InChI is InChI=1S/C19H15N3OS/c1-2-7-17-14(6-1)16-11-15(13-5-3-9-20-12-13)21-22(16)19(23-17)18-8-4-10-24-18/h1-12,16,19,21H/t16-,19-/m0/s1. The molecule has 2 aliphatic rings. The minimum atomic E-state index is -0.143. The van der Waals surface area contributed by atoms with Gasteiger partial charge in [0.15, 0.2) is 0 Å². The van der Waals surface area contributed by atoms with E-state index in [1.54, 1.807) is 17.5 Å². The number of para-hydroxylation sites is 1. The zero-order valence-corrected chi connectivity index (χ0v) is 13.6. The molecule has 2 aromatic heterocycles. The first-order valence-corrected chi connectivity index (χ1v) is 8.74. The molecule has 4 heterocycles. The molecular formula is C19H15N3OS. The highest BCUT2D eigenvalue weighted by Gasteiger charge is 2.40. The van der Waals surface area contributed by atoms with Crippen molar-refractivity contribution in [1.29, 1.82) is 0 Å². The molecule has 0 saturated carbocycles. The van der Waals surface area contributed by atoms with Crippen LogP contribution in [0.5, 0.6) is 5.75 Å². The topological polar surface area (TPSA) is 37.4 Å². The van der Waals surface area contributed by atoms with E-state index >= 15 is 0 Å². The van der Waals surface area contributed by atoms with Crippen LogP contribution >= 0.6 is 11.3 Å². The van der Waals surface area contributed by atoms with Gasteiger partial charge in [0, 0.05) is 23.5 Å². The van der Waals surface area contributed by atoms with Crippen LogP contribution in [0.2, 0.25) is 0 Å². The number of pyridine rings is 1. The van der Waals surface area contributed by atoms with Crippen LogP contribution in [0, 0.1) is 0 Å². The number of benzene rings is 1. The van der Waals surface area contributed by atoms with Crippen LogP contribution in [-0.2, 0) is 0 Å². The third kappa shape index (κ3) is 2.13. The molecule has 5 rings (SSSR count). The van der Waals surface area contributed by atoms with Crippen molar-refractivity contribution in [2.24, 2.45) is 0 Å². The van der Waals surface area contributed by atoms with Gasteiger partial charge in [-0.2, -0.15) is 5.01 Å². The van der Waals surface area contributed by atoms with E-state index in [-0.39, 0.29) is 12.3 Å². The van der Waals surface area contributed by atoms with Crippen LogP contribution < -0.4 is 10.2 Å². The zero-order chi connectivity index (χ0) is 15.9. The minimum absolute atomic E-state index is 0.136. The summed E-state index contributed by atoms with van der Waals surface area (Å²) in [6, 6.07) is 16.6. The smallest absolute Gasteiger partial charge is 0.205 e. The molecule has 0 spiro atoms. The summed E-state index contributed by atoms with van der Waals surface area (Å²) in [5.41, 5.74) is 6.84. The van der Waals surface area contributed by atoms with Crippen molar-refractivity contribution < 1.29 is 4.74 Å². The summed E-state index contributed by atoms with van der Waals surface area (Å²) in [5.74, 6) is 0.947. The molecule has 2 aliphatic heterocycles. The van der Waals surface area contributed by atoms with Gasteiger partial charge in [0.25, 0.3) is 0 Å². The quantitative estimate of drug-likeness (QED) is 0.765. The van der Waals surface area contributed by atoms with Crippen molar-refractivity contribution in [2.45, 2.75) is 12.3 Å². The maximum atomic E-state index is 6.30. The minimum Gasteiger partial charge on any atom is -0.468 e. The number of hydrogen-bond donors (Lipinski definition) is 1. The Hall–Kier alpha value is -2.63. The van der Waals surface area contributed by atoms with Gasteiger partial charge in [-0.3, -0.25) is 4.98 Å². The van der Waals surface area contributed by atoms with E-state index in [9.17, 15) is 0 Å². The SMILES string of the molecule is C1=C(c2cccnc2)NN2[C@@H]1c1ccccc1O[C@H]2c1cccs1. The van der Waals surface area contributed by atoms with Crippen LogP contribution in [0.3, 0.4) is 0 Å². The fourth-order valence-electron chi connectivity index (χ4n) is 3.25. The van der Waals surface area contributed by atoms with Gasteiger partial charge in [-0.15, -0.1) is 11.3 Å². The van der Waals surface area contributed by atoms with Gasteiger partial charge in [-0.25, -0.2) is 0 Å². The molecule has 4 nitrogen and oxygen atoms in total. The Balaban J connectivity index is 1.60. The fraction of sp³-hybridized carbons (Fsp3) is 0.105. The first-order valence-electron chi connectivity index (χ1n) is 7.86. The predicted molar refractivity (Wildman–Crippen MR) is 94.1 cm³/mol. The van der Waals surface area contributed by atoms with E-state index in [2.05, 4.69) is 57.2 Å². The summed E-state index contributed by atoms with van der Waals surface area (Å²) in [5, 5.41) is 4.26. The van der Waals surface area contributed by atoms with Crippen molar-refractivity contribution in [1.82, 2.24) is 15.4 Å². The van der Waals surface area contributed by atoms with Gasteiger partial charge in [-0.1, -0.05) is 24.3 Å².